The van der Waals surface area contributed by atoms with Crippen molar-refractivity contribution < 1.29 is 4.52 Å². The fourth-order valence-electron chi connectivity index (χ4n) is 1.80. The van der Waals surface area contributed by atoms with Crippen molar-refractivity contribution in [3.8, 4) is 11.6 Å². The number of aromatic amines is 1. The molecule has 1 atom stereocenters. The summed E-state index contributed by atoms with van der Waals surface area (Å²) in [6, 6.07) is 1.56. The molecule has 0 saturated carbocycles. The average molecular weight is 286 g/mol. The lowest BCUT2D eigenvalue weighted by Crippen LogP contribution is -2.18. The summed E-state index contributed by atoms with van der Waals surface area (Å²) in [7, 11) is 0. The highest BCUT2D eigenvalue weighted by molar-refractivity contribution is 5.40. The first-order valence-electron chi connectivity index (χ1n) is 6.47. The summed E-state index contributed by atoms with van der Waals surface area (Å²) < 4.78 is 5.32. The van der Waals surface area contributed by atoms with Gasteiger partial charge in [-0.05, 0) is 12.0 Å². The summed E-state index contributed by atoms with van der Waals surface area (Å²) in [5, 5.41) is 13.5. The zero-order valence-corrected chi connectivity index (χ0v) is 11.6. The van der Waals surface area contributed by atoms with E-state index in [2.05, 4.69) is 40.6 Å². The van der Waals surface area contributed by atoms with E-state index in [0.717, 1.165) is 0 Å². The van der Waals surface area contributed by atoms with Gasteiger partial charge in [0.05, 0.1) is 0 Å². The maximum absolute atomic E-state index is 5.32. The fraction of sp³-hybridized carbons (Fsp3) is 0.333. The van der Waals surface area contributed by atoms with Crippen molar-refractivity contribution in [1.29, 1.82) is 0 Å². The SMILES string of the molecule is CC(C)C(Nc1ncccn1)c1nc(-c2ncn[nH]2)no1. The first kappa shape index (κ1) is 13.2. The van der Waals surface area contributed by atoms with Crippen molar-refractivity contribution >= 4 is 5.95 Å². The third-order valence-corrected chi connectivity index (χ3v) is 2.85. The predicted molar refractivity (Wildman–Crippen MR) is 72.9 cm³/mol. The fourth-order valence-corrected chi connectivity index (χ4v) is 1.80. The number of H-pyrrole nitrogens is 1. The highest BCUT2D eigenvalue weighted by Crippen LogP contribution is 2.24. The number of anilines is 1. The number of hydrogen-bond donors (Lipinski definition) is 2. The minimum absolute atomic E-state index is 0.198. The highest BCUT2D eigenvalue weighted by atomic mass is 16.5. The zero-order chi connectivity index (χ0) is 14.7. The Hall–Kier alpha value is -2.84. The third kappa shape index (κ3) is 2.86. The van der Waals surface area contributed by atoms with Gasteiger partial charge in [-0.15, -0.1) is 0 Å². The number of aromatic nitrogens is 7. The van der Waals surface area contributed by atoms with Gasteiger partial charge in [-0.2, -0.15) is 10.1 Å². The Morgan fingerprint density at radius 1 is 1.19 bits per heavy atom. The topological polar surface area (TPSA) is 118 Å². The lowest BCUT2D eigenvalue weighted by molar-refractivity contribution is 0.335. The van der Waals surface area contributed by atoms with E-state index in [9.17, 15) is 0 Å². The summed E-state index contributed by atoms with van der Waals surface area (Å²) in [5.74, 6) is 1.99. The van der Waals surface area contributed by atoms with E-state index < -0.39 is 0 Å². The van der Waals surface area contributed by atoms with Crippen LogP contribution in [-0.2, 0) is 0 Å². The van der Waals surface area contributed by atoms with Crippen LogP contribution in [0, 0.1) is 5.92 Å². The Morgan fingerprint density at radius 2 is 2.00 bits per heavy atom. The Morgan fingerprint density at radius 3 is 2.67 bits per heavy atom. The summed E-state index contributed by atoms with van der Waals surface area (Å²) in [5.41, 5.74) is 0. The second kappa shape index (κ2) is 5.65. The Balaban J connectivity index is 1.84. The molecule has 0 bridgehead atoms. The number of nitrogens with zero attached hydrogens (tertiary/aromatic N) is 6. The van der Waals surface area contributed by atoms with E-state index in [0.29, 0.717) is 23.5 Å². The minimum Gasteiger partial charge on any atom is -0.342 e. The van der Waals surface area contributed by atoms with Crippen molar-refractivity contribution in [2.75, 3.05) is 5.32 Å². The molecule has 3 aromatic rings. The summed E-state index contributed by atoms with van der Waals surface area (Å²) in [6.45, 7) is 4.08. The van der Waals surface area contributed by atoms with Gasteiger partial charge < -0.3 is 9.84 Å². The van der Waals surface area contributed by atoms with Crippen molar-refractivity contribution in [3.05, 3.63) is 30.7 Å². The zero-order valence-electron chi connectivity index (χ0n) is 11.6. The van der Waals surface area contributed by atoms with Crippen LogP contribution >= 0.6 is 0 Å². The van der Waals surface area contributed by atoms with Gasteiger partial charge in [0, 0.05) is 12.4 Å². The molecule has 0 aliphatic heterocycles. The molecule has 0 aliphatic rings. The molecule has 2 N–H and O–H groups in total. The minimum atomic E-state index is -0.198. The quantitative estimate of drug-likeness (QED) is 0.723. The molecule has 0 spiro atoms. The largest absolute Gasteiger partial charge is 0.342 e. The maximum atomic E-state index is 5.32. The molecule has 3 rings (SSSR count). The lowest BCUT2D eigenvalue weighted by atomic mass is 10.0. The van der Waals surface area contributed by atoms with E-state index in [1.165, 1.54) is 6.33 Å². The van der Waals surface area contributed by atoms with E-state index in [1.54, 1.807) is 18.5 Å². The predicted octanol–water partition coefficient (Wildman–Crippen LogP) is 1.45. The third-order valence-electron chi connectivity index (χ3n) is 2.85. The van der Waals surface area contributed by atoms with Gasteiger partial charge in [0.1, 0.15) is 12.4 Å². The maximum Gasteiger partial charge on any atom is 0.249 e. The van der Waals surface area contributed by atoms with Crippen molar-refractivity contribution in [2.45, 2.75) is 19.9 Å². The van der Waals surface area contributed by atoms with E-state index in [-0.39, 0.29) is 12.0 Å². The molecule has 0 aliphatic carbocycles. The molecule has 0 fully saturated rings. The first-order valence-corrected chi connectivity index (χ1v) is 6.47. The molecule has 0 radical (unpaired) electrons. The van der Waals surface area contributed by atoms with Gasteiger partial charge >= 0.3 is 0 Å². The summed E-state index contributed by atoms with van der Waals surface area (Å²) in [6.07, 6.45) is 4.72. The highest BCUT2D eigenvalue weighted by Gasteiger charge is 2.24. The molecule has 9 heteroatoms. The Bertz CT molecular complexity index is 678. The molecular formula is C12H14N8O. The molecular weight excluding hydrogens is 272 g/mol. The Kier molecular flexibility index (Phi) is 3.54. The van der Waals surface area contributed by atoms with Gasteiger partial charge in [0.2, 0.25) is 17.7 Å². The van der Waals surface area contributed by atoms with Crippen molar-refractivity contribution in [3.63, 3.8) is 0 Å². The molecule has 3 heterocycles. The van der Waals surface area contributed by atoms with Crippen LogP contribution < -0.4 is 5.32 Å². The van der Waals surface area contributed by atoms with Crippen LogP contribution in [0.1, 0.15) is 25.8 Å². The Labute approximate surface area is 120 Å². The molecule has 0 amide bonds. The number of rotatable bonds is 5. The molecule has 0 saturated heterocycles. The average Bonchev–Trinajstić information content (AvgIpc) is 3.16. The first-order chi connectivity index (χ1) is 10.2. The smallest absolute Gasteiger partial charge is 0.249 e. The second-order valence-electron chi connectivity index (χ2n) is 4.73. The number of hydrogen-bond acceptors (Lipinski definition) is 8. The van der Waals surface area contributed by atoms with Gasteiger partial charge in [0.15, 0.2) is 5.82 Å². The van der Waals surface area contributed by atoms with Crippen molar-refractivity contribution in [1.82, 2.24) is 35.3 Å². The van der Waals surface area contributed by atoms with Crippen LogP contribution in [0.5, 0.6) is 0 Å². The summed E-state index contributed by atoms with van der Waals surface area (Å²) >= 11 is 0. The molecule has 108 valence electrons. The van der Waals surface area contributed by atoms with Crippen LogP contribution in [0.25, 0.3) is 11.6 Å². The van der Waals surface area contributed by atoms with Crippen LogP contribution in [0.4, 0.5) is 5.95 Å². The molecule has 9 nitrogen and oxygen atoms in total. The van der Waals surface area contributed by atoms with Crippen LogP contribution in [0.2, 0.25) is 0 Å². The van der Waals surface area contributed by atoms with Crippen LogP contribution in [0.3, 0.4) is 0 Å². The molecule has 21 heavy (non-hydrogen) atoms. The van der Waals surface area contributed by atoms with E-state index in [4.69, 9.17) is 4.52 Å². The second-order valence-corrected chi connectivity index (χ2v) is 4.73. The monoisotopic (exact) mass is 286 g/mol. The molecule has 0 aromatic carbocycles. The standard InChI is InChI=1S/C12H14N8O/c1-7(2)8(17-12-13-4-3-5-14-12)11-18-10(20-21-11)9-15-6-16-19-9/h3-8H,1-2H3,(H,13,14,17)(H,15,16,19). The van der Waals surface area contributed by atoms with Gasteiger partial charge in [0.25, 0.3) is 0 Å². The van der Waals surface area contributed by atoms with Gasteiger partial charge in [-0.3, -0.25) is 5.10 Å². The molecule has 1 unspecified atom stereocenters. The van der Waals surface area contributed by atoms with Gasteiger partial charge in [-0.1, -0.05) is 19.0 Å². The molecule has 3 aromatic heterocycles. The summed E-state index contributed by atoms with van der Waals surface area (Å²) in [4.78, 5) is 16.6. The number of nitrogens with one attached hydrogen (secondary N) is 2. The van der Waals surface area contributed by atoms with Crippen molar-refractivity contribution in [2.24, 2.45) is 5.92 Å². The van der Waals surface area contributed by atoms with Crippen LogP contribution in [-0.4, -0.2) is 35.3 Å². The van der Waals surface area contributed by atoms with E-state index in [1.807, 2.05) is 13.8 Å². The van der Waals surface area contributed by atoms with Crippen LogP contribution in [0.15, 0.2) is 29.3 Å². The van der Waals surface area contributed by atoms with E-state index >= 15 is 0 Å². The normalized spacial score (nSPS) is 12.5. The van der Waals surface area contributed by atoms with Gasteiger partial charge in [-0.25, -0.2) is 15.0 Å². The lowest BCUT2D eigenvalue weighted by Gasteiger charge is -2.17.